The van der Waals surface area contributed by atoms with Gasteiger partial charge in [0.2, 0.25) is 0 Å². The van der Waals surface area contributed by atoms with Gasteiger partial charge in [-0.15, -0.1) is 0 Å². The number of nitrogens with one attached hydrogen (secondary N) is 3. The zero-order valence-corrected chi connectivity index (χ0v) is 51.7. The molecule has 83 heavy (non-hydrogen) atoms. The van der Waals surface area contributed by atoms with Crippen LogP contribution in [0, 0.1) is 11.6 Å². The van der Waals surface area contributed by atoms with Crippen molar-refractivity contribution < 1.29 is 147 Å². The van der Waals surface area contributed by atoms with E-state index in [1.165, 1.54) is 39.9 Å². The number of hydrogen-bond donors (Lipinski definition) is 3. The van der Waals surface area contributed by atoms with Gasteiger partial charge in [-0.1, -0.05) is 116 Å². The van der Waals surface area contributed by atoms with E-state index in [-0.39, 0.29) is 150 Å². The third-order valence-electron chi connectivity index (χ3n) is 14.4. The Bertz CT molecular complexity index is 4030. The van der Waals surface area contributed by atoms with Gasteiger partial charge in [0.05, 0.1) is 39.6 Å². The monoisotopic (exact) mass is 1160 g/mol. The van der Waals surface area contributed by atoms with Crippen molar-refractivity contribution in [2.45, 2.75) is 58.4 Å². The fourth-order valence-corrected chi connectivity index (χ4v) is 10.5. The number of rotatable bonds is 10. The van der Waals surface area contributed by atoms with E-state index >= 15 is 8.78 Å². The minimum atomic E-state index is -0.595. The number of aromatic amines is 1. The summed E-state index contributed by atoms with van der Waals surface area (Å²) in [5.41, 5.74) is 10.8. The summed E-state index contributed by atoms with van der Waals surface area (Å²) < 4.78 is 32.2. The van der Waals surface area contributed by atoms with Gasteiger partial charge in [0, 0.05) is 11.4 Å². The number of aromatic nitrogens is 6. The summed E-state index contributed by atoms with van der Waals surface area (Å²) in [6.07, 6.45) is 7.18. The van der Waals surface area contributed by atoms with Gasteiger partial charge in [-0.05, 0) is 127 Å². The second-order valence-electron chi connectivity index (χ2n) is 19.3. The van der Waals surface area contributed by atoms with Crippen LogP contribution in [0.15, 0.2) is 158 Å². The first-order valence-corrected chi connectivity index (χ1v) is 26.2. The van der Waals surface area contributed by atoms with Gasteiger partial charge >= 0.3 is 103 Å². The van der Waals surface area contributed by atoms with Crippen LogP contribution in [-0.4, -0.2) is 60.0 Å². The molecule has 2 aliphatic heterocycles. The Morgan fingerprint density at radius 1 is 0.590 bits per heavy atom. The number of hydrogen-bond acceptors (Lipinski definition) is 13. The number of nitrogens with zero attached hydrogens (tertiary/aromatic N) is 7. The maximum atomic E-state index is 15.6. The molecule has 21 heteroatoms. The van der Waals surface area contributed by atoms with Crippen LogP contribution in [0.3, 0.4) is 0 Å². The Morgan fingerprint density at radius 2 is 1.04 bits per heavy atom. The number of anilines is 6. The van der Waals surface area contributed by atoms with E-state index in [1.54, 1.807) is 53.2 Å². The van der Waals surface area contributed by atoms with Crippen molar-refractivity contribution in [1.29, 1.82) is 0 Å². The predicted octanol–water partition coefficient (Wildman–Crippen LogP) is 4.59. The molecule has 0 radical (unpaired) electrons. The smallest absolute Gasteiger partial charge is 1.00 e. The molecule has 0 saturated heterocycles. The van der Waals surface area contributed by atoms with E-state index < -0.39 is 35.3 Å². The molecule has 17 nitrogen and oxygen atoms in total. The minimum Gasteiger partial charge on any atom is -1.00 e. The SMILES string of the molecule is CCc1ccccc1.O=C1c2ccccc2C(=O)N1c1n[nH]c2nc(Nc3cccc4c3CCC4)c(F)cc12.O=C1c2ccccc2C(=O)N1c1nn(Cc2ccccc2)c2nc(Nc3cccc4c3CCC4)c(F)cc12.O=CO[O-].[H-].[K+].[K+]. The second-order valence-corrected chi connectivity index (χ2v) is 19.3. The summed E-state index contributed by atoms with van der Waals surface area (Å²) in [6.45, 7) is 2.31. The van der Waals surface area contributed by atoms with Crippen LogP contribution in [0.5, 0.6) is 0 Å². The topological polar surface area (TPSA) is 220 Å². The van der Waals surface area contributed by atoms with Crippen LogP contribution in [-0.2, 0) is 48.3 Å². The molecular weight excluding hydrogens is 1110 g/mol. The Morgan fingerprint density at radius 3 is 1.51 bits per heavy atom. The van der Waals surface area contributed by atoms with Gasteiger partial charge in [-0.25, -0.2) is 33.2 Å². The van der Waals surface area contributed by atoms with Crippen LogP contribution in [0.25, 0.3) is 22.1 Å². The van der Waals surface area contributed by atoms with Gasteiger partial charge in [0.1, 0.15) is 0 Å². The minimum absolute atomic E-state index is 0. The Kier molecular flexibility index (Phi) is 19.8. The quantitative estimate of drug-likeness (QED) is 0.0562. The molecule has 0 atom stereocenters. The van der Waals surface area contributed by atoms with Crippen molar-refractivity contribution in [3.8, 4) is 0 Å². The Labute approximate surface area is 561 Å². The van der Waals surface area contributed by atoms with Gasteiger partial charge in [0.15, 0.2) is 46.2 Å². The molecule has 10 aromatic rings. The first-order chi connectivity index (χ1) is 39.5. The molecule has 0 bridgehead atoms. The first-order valence-electron chi connectivity index (χ1n) is 26.2. The first kappa shape index (κ1) is 60.6. The van der Waals surface area contributed by atoms with Crippen LogP contribution in [0.4, 0.5) is 43.4 Å². The number of imide groups is 2. The zero-order valence-electron chi connectivity index (χ0n) is 46.5. The van der Waals surface area contributed by atoms with E-state index in [1.807, 2.05) is 60.7 Å². The second kappa shape index (κ2) is 27.1. The molecule has 4 aliphatic rings. The standard InChI is InChI=1S/C30H22FN5O2.C23H16FN5O2.C8H10.CH2O3.2K.H/c31-24-16-23-27(33-26(24)32-25-15-7-11-19-10-6-14-20(19)25)35(17-18-8-2-1-3-9-18)34-28(23)36-29(37)21-12-4-5-13-22(21)30(36)38;24-17-11-16-19(26-20(17)25-18-10-4-6-12-5-3-9-13(12)18)27-28-21(16)29-22(30)14-7-1-2-8-15(14)23(29)31;1-2-8-6-4-3-5-7-8;2-1-4-3;;;/h1-5,7-9,11-13,15-16H,6,10,14,17H2,(H,32,33);1-2,4,6-8,10-11H,3,5,9H2,(H2,25,26,27,28);3-7H,2H2,1H3;1,3H;;;/q;;;;2*+1;-1/p-1. The normalized spacial score (nSPS) is 13.3. The van der Waals surface area contributed by atoms with Crippen LogP contribution < -0.4 is 128 Å². The molecule has 0 fully saturated rings. The van der Waals surface area contributed by atoms with Crippen molar-refractivity contribution in [2.24, 2.45) is 0 Å². The number of aryl methyl sites for hydroxylation is 3. The summed E-state index contributed by atoms with van der Waals surface area (Å²) in [7, 11) is 0. The van der Waals surface area contributed by atoms with Gasteiger partial charge < -0.3 is 22.2 Å². The molecule has 0 spiro atoms. The number of halogens is 2. The van der Waals surface area contributed by atoms with E-state index in [0.29, 0.717) is 34.4 Å². The van der Waals surface area contributed by atoms with E-state index in [2.05, 4.69) is 84.1 Å². The van der Waals surface area contributed by atoms with Crippen molar-refractivity contribution in [3.63, 3.8) is 0 Å². The largest absolute Gasteiger partial charge is 1.00 e. The van der Waals surface area contributed by atoms with Crippen LogP contribution in [0.2, 0.25) is 0 Å². The van der Waals surface area contributed by atoms with Crippen molar-refractivity contribution in [1.82, 2.24) is 29.9 Å². The number of pyridine rings is 2. The third-order valence-corrected chi connectivity index (χ3v) is 14.4. The van der Waals surface area contributed by atoms with Gasteiger partial charge in [-0.3, -0.25) is 29.1 Å². The number of carbonyl (C=O) groups is 5. The van der Waals surface area contributed by atoms with E-state index in [9.17, 15) is 19.2 Å². The Balaban J connectivity index is 0.000000180. The fraction of sp³-hybridized carbons (Fsp3) is 0.145. The molecule has 4 amide bonds. The molecular formula is C62H50F2K2N10O7. The van der Waals surface area contributed by atoms with Gasteiger partial charge in [-0.2, -0.15) is 10.2 Å². The fourth-order valence-electron chi connectivity index (χ4n) is 10.5. The number of amides is 4. The van der Waals surface area contributed by atoms with Crippen molar-refractivity contribution in [3.05, 3.63) is 225 Å². The maximum Gasteiger partial charge on any atom is 1.00 e. The maximum absolute atomic E-state index is 15.6. The summed E-state index contributed by atoms with van der Waals surface area (Å²) >= 11 is 0. The predicted molar refractivity (Wildman–Crippen MR) is 300 cm³/mol. The zero-order chi connectivity index (χ0) is 56.1. The molecule has 6 aromatic carbocycles. The third kappa shape index (κ3) is 12.5. The number of fused-ring (bicyclic) bond motifs is 6. The Hall–Kier alpha value is -7.00. The number of benzene rings is 6. The summed E-state index contributed by atoms with van der Waals surface area (Å²) in [5.74, 6) is -2.90. The summed E-state index contributed by atoms with van der Waals surface area (Å²) in [6, 6.07) is 47.8. The molecule has 0 unspecified atom stereocenters. The average Bonchev–Trinajstić information content (AvgIpc) is 4.58. The van der Waals surface area contributed by atoms with Crippen LogP contribution >= 0.6 is 0 Å². The number of carbonyl (C=O) groups excluding carboxylic acids is 5. The van der Waals surface area contributed by atoms with Crippen LogP contribution in [0.1, 0.15) is 96.0 Å². The van der Waals surface area contributed by atoms with E-state index in [0.717, 1.165) is 71.7 Å². The molecule has 0 saturated carbocycles. The van der Waals surface area contributed by atoms with E-state index in [4.69, 9.17) is 10.1 Å². The molecule has 4 aromatic heterocycles. The molecule has 6 heterocycles. The number of H-pyrrole nitrogens is 1. The van der Waals surface area contributed by atoms with Crippen molar-refractivity contribution in [2.75, 3.05) is 20.4 Å². The molecule has 406 valence electrons. The molecule has 14 rings (SSSR count). The molecule has 3 N–H and O–H groups in total. The van der Waals surface area contributed by atoms with Crippen molar-refractivity contribution >= 4 is 86.8 Å². The molecule has 2 aliphatic carbocycles. The van der Waals surface area contributed by atoms with Gasteiger partial charge in [0.25, 0.3) is 30.1 Å². The summed E-state index contributed by atoms with van der Waals surface area (Å²) in [4.78, 5) is 74.3. The average molecular weight is 1160 g/mol. The summed E-state index contributed by atoms with van der Waals surface area (Å²) in [5, 5.41) is 26.7.